The Labute approximate surface area is 103 Å². The third-order valence-corrected chi connectivity index (χ3v) is 2.54. The molecule has 0 aliphatic heterocycles. The van der Waals surface area contributed by atoms with Crippen LogP contribution in [0.1, 0.15) is 13.8 Å². The van der Waals surface area contributed by atoms with Gasteiger partial charge in [-0.05, 0) is 5.92 Å². The van der Waals surface area contributed by atoms with Gasteiger partial charge in [-0.2, -0.15) is 0 Å². The van der Waals surface area contributed by atoms with Crippen LogP contribution in [-0.4, -0.2) is 33.4 Å². The number of H-pyrrole nitrogens is 1. The number of hydrogen-bond acceptors (Lipinski definition) is 4. The molecule has 18 heavy (non-hydrogen) atoms. The molecule has 0 aliphatic carbocycles. The van der Waals surface area contributed by atoms with Crippen molar-refractivity contribution >= 4 is 5.91 Å². The minimum Gasteiger partial charge on any atom is -0.394 e. The Morgan fingerprint density at radius 1 is 1.44 bits per heavy atom. The number of carbonyl (C=O) groups is 1. The van der Waals surface area contributed by atoms with Crippen molar-refractivity contribution in [2.24, 2.45) is 5.92 Å². The minimum atomic E-state index is -0.463. The molecule has 1 amide bonds. The van der Waals surface area contributed by atoms with Crippen LogP contribution in [0.5, 0.6) is 0 Å². The second-order valence-corrected chi connectivity index (χ2v) is 4.33. The maximum absolute atomic E-state index is 11.6. The zero-order valence-corrected chi connectivity index (χ0v) is 10.3. The van der Waals surface area contributed by atoms with Crippen molar-refractivity contribution < 1.29 is 9.90 Å². The summed E-state index contributed by atoms with van der Waals surface area (Å²) in [5, 5.41) is 13.9. The first-order valence-corrected chi connectivity index (χ1v) is 5.64. The van der Waals surface area contributed by atoms with E-state index in [1.54, 1.807) is 0 Å². The fourth-order valence-electron chi connectivity index (χ4n) is 1.40. The summed E-state index contributed by atoms with van der Waals surface area (Å²) in [6, 6.07) is 1.82. The summed E-state index contributed by atoms with van der Waals surface area (Å²) in [4.78, 5) is 34.0. The van der Waals surface area contributed by atoms with Crippen LogP contribution >= 0.6 is 0 Å². The van der Waals surface area contributed by atoms with E-state index in [2.05, 4.69) is 10.4 Å². The number of aliphatic hydroxyl groups excluding tert-OH is 1. The Morgan fingerprint density at radius 3 is 2.67 bits per heavy atom. The van der Waals surface area contributed by atoms with E-state index in [0.29, 0.717) is 0 Å². The zero-order chi connectivity index (χ0) is 13.7. The molecule has 1 rings (SSSR count). The molecule has 0 radical (unpaired) electrons. The second-order valence-electron chi connectivity index (χ2n) is 4.33. The molecule has 0 spiro atoms. The Morgan fingerprint density at radius 2 is 2.11 bits per heavy atom. The number of rotatable bonds is 5. The molecule has 3 N–H and O–H groups in total. The van der Waals surface area contributed by atoms with Gasteiger partial charge in [0.2, 0.25) is 5.91 Å². The van der Waals surface area contributed by atoms with Gasteiger partial charge in [0, 0.05) is 12.1 Å². The number of nitrogens with one attached hydrogen (secondary N) is 2. The lowest BCUT2D eigenvalue weighted by Gasteiger charge is -2.19. The van der Waals surface area contributed by atoms with Gasteiger partial charge in [0.05, 0.1) is 12.6 Å². The van der Waals surface area contributed by atoms with E-state index in [9.17, 15) is 14.4 Å². The molecule has 7 nitrogen and oxygen atoms in total. The normalized spacial score (nSPS) is 12.4. The Bertz CT molecular complexity index is 518. The van der Waals surface area contributed by atoms with Gasteiger partial charge in [-0.1, -0.05) is 13.8 Å². The lowest BCUT2D eigenvalue weighted by atomic mass is 10.1. The van der Waals surface area contributed by atoms with Gasteiger partial charge in [0.25, 0.3) is 11.1 Å². The van der Waals surface area contributed by atoms with Crippen molar-refractivity contribution in [3.05, 3.63) is 32.8 Å². The quantitative estimate of drug-likeness (QED) is 0.606. The lowest BCUT2D eigenvalue weighted by Crippen LogP contribution is -2.44. The summed E-state index contributed by atoms with van der Waals surface area (Å²) in [7, 11) is 0. The largest absolute Gasteiger partial charge is 0.394 e. The van der Waals surface area contributed by atoms with E-state index in [-0.39, 0.29) is 25.1 Å². The Kier molecular flexibility index (Phi) is 4.85. The SMILES string of the molecule is CC(C)[C@@H](CO)NC(=O)Cn1[nH]c(=O)ccc1=O. The summed E-state index contributed by atoms with van der Waals surface area (Å²) in [6.07, 6.45) is 0. The van der Waals surface area contributed by atoms with Crippen LogP contribution in [0.4, 0.5) is 0 Å². The molecule has 1 aromatic heterocycles. The molecule has 100 valence electrons. The van der Waals surface area contributed by atoms with Gasteiger partial charge < -0.3 is 10.4 Å². The highest BCUT2D eigenvalue weighted by atomic mass is 16.3. The van der Waals surface area contributed by atoms with Gasteiger partial charge >= 0.3 is 0 Å². The van der Waals surface area contributed by atoms with E-state index >= 15 is 0 Å². The van der Waals surface area contributed by atoms with Crippen molar-refractivity contribution in [2.45, 2.75) is 26.4 Å². The van der Waals surface area contributed by atoms with Crippen molar-refractivity contribution in [3.8, 4) is 0 Å². The fraction of sp³-hybridized carbons (Fsp3) is 0.545. The highest BCUT2D eigenvalue weighted by molar-refractivity contribution is 5.75. The van der Waals surface area contributed by atoms with Crippen LogP contribution in [0.15, 0.2) is 21.7 Å². The average molecular weight is 255 g/mol. The van der Waals surface area contributed by atoms with Gasteiger partial charge in [-0.25, -0.2) is 4.68 Å². The summed E-state index contributed by atoms with van der Waals surface area (Å²) in [6.45, 7) is 3.26. The number of carbonyl (C=O) groups excluding carboxylic acids is 1. The zero-order valence-electron chi connectivity index (χ0n) is 10.3. The highest BCUT2D eigenvalue weighted by Crippen LogP contribution is 1.99. The number of aromatic nitrogens is 2. The number of amides is 1. The van der Waals surface area contributed by atoms with Gasteiger partial charge in [-0.3, -0.25) is 19.5 Å². The Balaban J connectivity index is 2.73. The molecule has 1 heterocycles. The van der Waals surface area contributed by atoms with Gasteiger partial charge in [0.15, 0.2) is 0 Å². The van der Waals surface area contributed by atoms with E-state index in [4.69, 9.17) is 5.11 Å². The van der Waals surface area contributed by atoms with Crippen LogP contribution in [-0.2, 0) is 11.3 Å². The van der Waals surface area contributed by atoms with Gasteiger partial charge in [-0.15, -0.1) is 0 Å². The average Bonchev–Trinajstić information content (AvgIpc) is 2.30. The van der Waals surface area contributed by atoms with Crippen LogP contribution in [0.2, 0.25) is 0 Å². The number of hydrogen-bond donors (Lipinski definition) is 3. The van der Waals surface area contributed by atoms with Crippen molar-refractivity contribution in [3.63, 3.8) is 0 Å². The number of nitrogens with zero attached hydrogens (tertiary/aromatic N) is 1. The second kappa shape index (κ2) is 6.15. The minimum absolute atomic E-state index is 0.0745. The van der Waals surface area contributed by atoms with Crippen molar-refractivity contribution in [2.75, 3.05) is 6.61 Å². The molecular formula is C11H17N3O4. The number of aliphatic hydroxyl groups is 1. The Hall–Kier alpha value is -1.89. The molecule has 0 aromatic carbocycles. The molecule has 0 bridgehead atoms. The third kappa shape index (κ3) is 3.85. The van der Waals surface area contributed by atoms with Crippen molar-refractivity contribution in [1.29, 1.82) is 0 Å². The monoisotopic (exact) mass is 255 g/mol. The molecule has 0 fully saturated rings. The van der Waals surface area contributed by atoms with Crippen LogP contribution < -0.4 is 16.4 Å². The first-order valence-electron chi connectivity index (χ1n) is 5.64. The first-order chi connectivity index (χ1) is 8.43. The molecule has 0 unspecified atom stereocenters. The summed E-state index contributed by atoms with van der Waals surface area (Å²) in [5.41, 5.74) is -0.917. The van der Waals surface area contributed by atoms with E-state index < -0.39 is 17.0 Å². The fourth-order valence-corrected chi connectivity index (χ4v) is 1.40. The van der Waals surface area contributed by atoms with Crippen molar-refractivity contribution in [1.82, 2.24) is 15.1 Å². The predicted octanol–water partition coefficient (Wildman–Crippen LogP) is -1.33. The van der Waals surface area contributed by atoms with E-state index in [0.717, 1.165) is 16.8 Å². The lowest BCUT2D eigenvalue weighted by molar-refractivity contribution is -0.123. The first kappa shape index (κ1) is 14.2. The summed E-state index contributed by atoms with van der Waals surface area (Å²) >= 11 is 0. The standard InChI is InChI=1S/C11H17N3O4/c1-7(2)8(6-15)12-10(17)5-14-11(18)4-3-9(16)13-14/h3-4,7-8,15H,5-6H2,1-2H3,(H,12,17)(H,13,16)/t8-/m1/s1. The predicted molar refractivity (Wildman–Crippen MR) is 65.2 cm³/mol. The van der Waals surface area contributed by atoms with E-state index in [1.807, 2.05) is 13.8 Å². The highest BCUT2D eigenvalue weighted by Gasteiger charge is 2.15. The maximum atomic E-state index is 11.6. The topological polar surface area (TPSA) is 104 Å². The molecule has 0 aliphatic rings. The molecule has 1 atom stereocenters. The summed E-state index contributed by atoms with van der Waals surface area (Å²) < 4.78 is 0.923. The maximum Gasteiger partial charge on any atom is 0.265 e. The van der Waals surface area contributed by atoms with Crippen LogP contribution in [0.3, 0.4) is 0 Å². The smallest absolute Gasteiger partial charge is 0.265 e. The third-order valence-electron chi connectivity index (χ3n) is 2.54. The van der Waals surface area contributed by atoms with E-state index in [1.165, 1.54) is 0 Å². The van der Waals surface area contributed by atoms with Crippen LogP contribution in [0, 0.1) is 5.92 Å². The van der Waals surface area contributed by atoms with Crippen LogP contribution in [0.25, 0.3) is 0 Å². The molecule has 0 saturated carbocycles. The molecule has 0 saturated heterocycles. The molecule has 7 heteroatoms. The molecular weight excluding hydrogens is 238 g/mol. The summed E-state index contributed by atoms with van der Waals surface area (Å²) in [5.74, 6) is -0.364. The molecule has 1 aromatic rings. The number of aromatic amines is 1. The van der Waals surface area contributed by atoms with Gasteiger partial charge in [0.1, 0.15) is 6.54 Å².